The molecule has 4 heteroatoms. The predicted molar refractivity (Wildman–Crippen MR) is 71.5 cm³/mol. The number of aromatic nitrogens is 2. The molecular weight excluding hydrogens is 226 g/mol. The zero-order chi connectivity index (χ0) is 13.0. The molecular formula is C14H23N3O. The van der Waals surface area contributed by atoms with E-state index in [2.05, 4.69) is 10.2 Å². The van der Waals surface area contributed by atoms with Gasteiger partial charge in [0.15, 0.2) is 0 Å². The lowest BCUT2D eigenvalue weighted by molar-refractivity contribution is 0.172. The van der Waals surface area contributed by atoms with Gasteiger partial charge in [-0.05, 0) is 45.1 Å². The summed E-state index contributed by atoms with van der Waals surface area (Å²) < 4.78 is 6.04. The summed E-state index contributed by atoms with van der Waals surface area (Å²) in [6.45, 7) is 4.45. The largest absolute Gasteiger partial charge is 0.473 e. The van der Waals surface area contributed by atoms with Crippen LogP contribution in [0.25, 0.3) is 0 Å². The van der Waals surface area contributed by atoms with Crippen LogP contribution < -0.4 is 10.5 Å². The topological polar surface area (TPSA) is 61.0 Å². The molecule has 0 radical (unpaired) electrons. The van der Waals surface area contributed by atoms with Crippen molar-refractivity contribution in [2.45, 2.75) is 65.0 Å². The van der Waals surface area contributed by atoms with Crippen LogP contribution in [0.2, 0.25) is 0 Å². The highest BCUT2D eigenvalue weighted by molar-refractivity contribution is 5.35. The Bertz CT molecular complexity index is 398. The van der Waals surface area contributed by atoms with Gasteiger partial charge in [-0.1, -0.05) is 12.8 Å². The van der Waals surface area contributed by atoms with Crippen molar-refractivity contribution in [2.24, 2.45) is 5.73 Å². The van der Waals surface area contributed by atoms with Gasteiger partial charge in [-0.25, -0.2) is 0 Å². The van der Waals surface area contributed by atoms with Gasteiger partial charge in [0, 0.05) is 12.1 Å². The van der Waals surface area contributed by atoms with E-state index in [0.29, 0.717) is 12.4 Å². The van der Waals surface area contributed by atoms with Crippen molar-refractivity contribution in [1.29, 1.82) is 0 Å². The van der Waals surface area contributed by atoms with Gasteiger partial charge >= 0.3 is 0 Å². The monoisotopic (exact) mass is 249 g/mol. The molecule has 1 fully saturated rings. The second kappa shape index (κ2) is 6.14. The SMILES string of the molecule is Cc1nnc(OC2CCCCCC2)c(CN)c1C. The third-order valence-electron chi connectivity index (χ3n) is 3.83. The lowest BCUT2D eigenvalue weighted by atomic mass is 10.1. The summed E-state index contributed by atoms with van der Waals surface area (Å²) in [5.41, 5.74) is 8.86. The molecule has 0 unspecified atom stereocenters. The summed E-state index contributed by atoms with van der Waals surface area (Å²) >= 11 is 0. The Morgan fingerprint density at radius 1 is 1.11 bits per heavy atom. The maximum absolute atomic E-state index is 6.04. The van der Waals surface area contributed by atoms with Gasteiger partial charge in [0.2, 0.25) is 5.88 Å². The van der Waals surface area contributed by atoms with Crippen LogP contribution in [0.15, 0.2) is 0 Å². The van der Waals surface area contributed by atoms with Crippen molar-refractivity contribution in [1.82, 2.24) is 10.2 Å². The molecule has 100 valence electrons. The molecule has 4 nitrogen and oxygen atoms in total. The summed E-state index contributed by atoms with van der Waals surface area (Å²) in [6.07, 6.45) is 7.68. The number of rotatable bonds is 3. The van der Waals surface area contributed by atoms with Gasteiger partial charge in [0.1, 0.15) is 6.10 Å². The van der Waals surface area contributed by atoms with Crippen LogP contribution in [0.3, 0.4) is 0 Å². The van der Waals surface area contributed by atoms with Crippen LogP contribution in [-0.2, 0) is 6.54 Å². The minimum absolute atomic E-state index is 0.286. The lowest BCUT2D eigenvalue weighted by Gasteiger charge is -2.19. The van der Waals surface area contributed by atoms with E-state index in [1.54, 1.807) is 0 Å². The van der Waals surface area contributed by atoms with E-state index in [1.807, 2.05) is 13.8 Å². The Balaban J connectivity index is 2.15. The average Bonchev–Trinajstić information content (AvgIpc) is 2.63. The molecule has 1 saturated carbocycles. The normalized spacial score (nSPS) is 17.5. The van der Waals surface area contributed by atoms with E-state index in [1.165, 1.54) is 25.7 Å². The van der Waals surface area contributed by atoms with Gasteiger partial charge in [-0.2, -0.15) is 5.10 Å². The number of hydrogen-bond donors (Lipinski definition) is 1. The fourth-order valence-electron chi connectivity index (χ4n) is 2.49. The number of nitrogens with zero attached hydrogens (tertiary/aromatic N) is 2. The summed E-state index contributed by atoms with van der Waals surface area (Å²) in [5, 5.41) is 8.33. The van der Waals surface area contributed by atoms with Crippen molar-refractivity contribution in [3.8, 4) is 5.88 Å². The van der Waals surface area contributed by atoms with Crippen LogP contribution in [0.4, 0.5) is 0 Å². The first-order valence-electron chi connectivity index (χ1n) is 6.92. The van der Waals surface area contributed by atoms with E-state index >= 15 is 0 Å². The molecule has 0 bridgehead atoms. The Kier molecular flexibility index (Phi) is 4.53. The van der Waals surface area contributed by atoms with Crippen molar-refractivity contribution >= 4 is 0 Å². The number of ether oxygens (including phenoxy) is 1. The molecule has 1 aliphatic carbocycles. The zero-order valence-electron chi connectivity index (χ0n) is 11.4. The fraction of sp³-hybridized carbons (Fsp3) is 0.714. The Hall–Kier alpha value is -1.16. The molecule has 1 aliphatic rings. The lowest BCUT2D eigenvalue weighted by Crippen LogP contribution is -2.19. The highest BCUT2D eigenvalue weighted by Gasteiger charge is 2.18. The van der Waals surface area contributed by atoms with E-state index in [9.17, 15) is 0 Å². The molecule has 0 saturated heterocycles. The number of hydrogen-bond acceptors (Lipinski definition) is 4. The van der Waals surface area contributed by atoms with E-state index in [4.69, 9.17) is 10.5 Å². The minimum atomic E-state index is 0.286. The Labute approximate surface area is 109 Å². The van der Waals surface area contributed by atoms with E-state index in [-0.39, 0.29) is 6.10 Å². The van der Waals surface area contributed by atoms with Crippen LogP contribution in [0.5, 0.6) is 5.88 Å². The van der Waals surface area contributed by atoms with Crippen LogP contribution in [0.1, 0.15) is 55.3 Å². The maximum Gasteiger partial charge on any atom is 0.238 e. The molecule has 1 aromatic heterocycles. The Morgan fingerprint density at radius 2 is 1.78 bits per heavy atom. The number of nitrogens with two attached hydrogens (primary N) is 1. The molecule has 1 heterocycles. The molecule has 18 heavy (non-hydrogen) atoms. The van der Waals surface area contributed by atoms with Crippen molar-refractivity contribution in [3.05, 3.63) is 16.8 Å². The van der Waals surface area contributed by atoms with E-state index in [0.717, 1.165) is 29.7 Å². The molecule has 0 aromatic carbocycles. The first kappa shape index (κ1) is 13.3. The van der Waals surface area contributed by atoms with Crippen molar-refractivity contribution < 1.29 is 4.74 Å². The van der Waals surface area contributed by atoms with Gasteiger partial charge in [-0.3, -0.25) is 0 Å². The fourth-order valence-corrected chi connectivity index (χ4v) is 2.49. The highest BCUT2D eigenvalue weighted by atomic mass is 16.5. The summed E-state index contributed by atoms with van der Waals surface area (Å²) in [4.78, 5) is 0. The molecule has 1 aromatic rings. The van der Waals surface area contributed by atoms with Crippen LogP contribution >= 0.6 is 0 Å². The van der Waals surface area contributed by atoms with Crippen LogP contribution in [0, 0.1) is 13.8 Å². The predicted octanol–water partition coefficient (Wildman–Crippen LogP) is 2.65. The standard InChI is InChI=1S/C14H23N3O/c1-10-11(2)16-17-14(13(10)9-15)18-12-7-5-3-4-6-8-12/h12H,3-9,15H2,1-2H3. The average molecular weight is 249 g/mol. The smallest absolute Gasteiger partial charge is 0.238 e. The van der Waals surface area contributed by atoms with Gasteiger partial charge in [0.25, 0.3) is 0 Å². The first-order chi connectivity index (χ1) is 8.72. The summed E-state index contributed by atoms with van der Waals surface area (Å²) in [6, 6.07) is 0. The van der Waals surface area contributed by atoms with E-state index < -0.39 is 0 Å². The second-order valence-corrected chi connectivity index (χ2v) is 5.13. The zero-order valence-corrected chi connectivity index (χ0v) is 11.4. The molecule has 2 N–H and O–H groups in total. The Morgan fingerprint density at radius 3 is 2.39 bits per heavy atom. The van der Waals surface area contributed by atoms with Gasteiger partial charge < -0.3 is 10.5 Å². The van der Waals surface area contributed by atoms with Gasteiger partial charge in [0.05, 0.1) is 5.69 Å². The molecule has 0 aliphatic heterocycles. The summed E-state index contributed by atoms with van der Waals surface area (Å²) in [7, 11) is 0. The second-order valence-electron chi connectivity index (χ2n) is 5.13. The minimum Gasteiger partial charge on any atom is -0.473 e. The van der Waals surface area contributed by atoms with Gasteiger partial charge in [-0.15, -0.1) is 5.10 Å². The van der Waals surface area contributed by atoms with Crippen molar-refractivity contribution in [2.75, 3.05) is 0 Å². The summed E-state index contributed by atoms with van der Waals surface area (Å²) in [5.74, 6) is 0.646. The molecule has 0 atom stereocenters. The molecule has 2 rings (SSSR count). The number of aryl methyl sites for hydroxylation is 1. The molecule has 0 spiro atoms. The quantitative estimate of drug-likeness (QED) is 0.837. The highest BCUT2D eigenvalue weighted by Crippen LogP contribution is 2.25. The third-order valence-corrected chi connectivity index (χ3v) is 3.83. The third kappa shape index (κ3) is 2.99. The maximum atomic E-state index is 6.04. The van der Waals surface area contributed by atoms with Crippen molar-refractivity contribution in [3.63, 3.8) is 0 Å². The molecule has 0 amide bonds. The first-order valence-corrected chi connectivity index (χ1v) is 6.92. The van der Waals surface area contributed by atoms with Crippen LogP contribution in [-0.4, -0.2) is 16.3 Å².